The summed E-state index contributed by atoms with van der Waals surface area (Å²) in [6.07, 6.45) is 2.51. The predicted octanol–water partition coefficient (Wildman–Crippen LogP) is 0.584. The summed E-state index contributed by atoms with van der Waals surface area (Å²) in [5, 5.41) is 20.7. The van der Waals surface area contributed by atoms with Gasteiger partial charge in [-0.25, -0.2) is 4.79 Å². The Labute approximate surface area is 127 Å². The van der Waals surface area contributed by atoms with Crippen LogP contribution in [0.1, 0.15) is 12.0 Å². The normalized spacial score (nSPS) is 13.4. The van der Waals surface area contributed by atoms with Crippen LogP contribution < -0.4 is 11.1 Å². The van der Waals surface area contributed by atoms with Gasteiger partial charge in [0.1, 0.15) is 11.8 Å². The number of nitrogens with two attached hydrogens (primary N) is 1. The quantitative estimate of drug-likeness (QED) is 0.559. The number of phenols is 1. The van der Waals surface area contributed by atoms with E-state index in [2.05, 4.69) is 5.32 Å². The van der Waals surface area contributed by atoms with Crippen LogP contribution in [-0.2, 0) is 16.0 Å². The third kappa shape index (κ3) is 6.05. The van der Waals surface area contributed by atoms with Crippen molar-refractivity contribution in [1.82, 2.24) is 5.32 Å². The first-order valence-electron chi connectivity index (χ1n) is 6.49. The Morgan fingerprint density at radius 1 is 1.33 bits per heavy atom. The molecule has 1 aromatic carbocycles. The largest absolute Gasteiger partial charge is 0.508 e. The Morgan fingerprint density at radius 3 is 2.48 bits per heavy atom. The van der Waals surface area contributed by atoms with E-state index in [9.17, 15) is 14.7 Å². The molecule has 1 amide bonds. The van der Waals surface area contributed by atoms with Crippen molar-refractivity contribution in [2.24, 2.45) is 5.73 Å². The maximum atomic E-state index is 11.9. The smallest absolute Gasteiger partial charge is 0.326 e. The average molecular weight is 312 g/mol. The molecule has 0 saturated carbocycles. The molecule has 116 valence electrons. The van der Waals surface area contributed by atoms with Gasteiger partial charge in [-0.3, -0.25) is 4.79 Å². The molecule has 0 aliphatic carbocycles. The van der Waals surface area contributed by atoms with Gasteiger partial charge in [0, 0.05) is 0 Å². The SMILES string of the molecule is CSCC[C@@H](NC(=O)[C@H](N)Cc1ccc(O)cc1)C(=O)O. The number of thioether (sulfide) groups is 1. The van der Waals surface area contributed by atoms with Gasteiger partial charge in [0.25, 0.3) is 0 Å². The van der Waals surface area contributed by atoms with Crippen LogP contribution in [0.5, 0.6) is 5.75 Å². The van der Waals surface area contributed by atoms with Crippen molar-refractivity contribution in [2.75, 3.05) is 12.0 Å². The van der Waals surface area contributed by atoms with Crippen LogP contribution in [-0.4, -0.2) is 46.2 Å². The molecule has 1 rings (SSSR count). The lowest BCUT2D eigenvalue weighted by atomic mass is 10.1. The number of phenolic OH excluding ortho intramolecular Hbond substituents is 1. The lowest BCUT2D eigenvalue weighted by molar-refractivity contribution is -0.142. The molecule has 6 nitrogen and oxygen atoms in total. The molecule has 0 aliphatic rings. The summed E-state index contributed by atoms with van der Waals surface area (Å²) in [6, 6.07) is 4.62. The highest BCUT2D eigenvalue weighted by Crippen LogP contribution is 2.11. The van der Waals surface area contributed by atoms with Crippen LogP contribution in [0.4, 0.5) is 0 Å². The molecule has 0 unspecified atom stereocenters. The third-order valence-electron chi connectivity index (χ3n) is 2.95. The maximum absolute atomic E-state index is 11.9. The van der Waals surface area contributed by atoms with Crippen molar-refractivity contribution in [1.29, 1.82) is 0 Å². The number of carbonyl (C=O) groups is 2. The number of carboxylic acid groups (broad SMARTS) is 1. The highest BCUT2D eigenvalue weighted by Gasteiger charge is 2.22. The van der Waals surface area contributed by atoms with E-state index in [1.165, 1.54) is 23.9 Å². The molecule has 5 N–H and O–H groups in total. The number of rotatable bonds is 8. The molecule has 21 heavy (non-hydrogen) atoms. The lowest BCUT2D eigenvalue weighted by Crippen LogP contribution is -2.49. The first kappa shape index (κ1) is 17.3. The van der Waals surface area contributed by atoms with E-state index in [1.54, 1.807) is 12.1 Å². The molecule has 0 bridgehead atoms. The molecular weight excluding hydrogens is 292 g/mol. The van der Waals surface area contributed by atoms with E-state index < -0.39 is 24.0 Å². The van der Waals surface area contributed by atoms with Crippen LogP contribution in [0.25, 0.3) is 0 Å². The summed E-state index contributed by atoms with van der Waals surface area (Å²) in [5.41, 5.74) is 6.59. The number of hydrogen-bond donors (Lipinski definition) is 4. The summed E-state index contributed by atoms with van der Waals surface area (Å²) >= 11 is 1.52. The number of aromatic hydroxyl groups is 1. The van der Waals surface area contributed by atoms with E-state index >= 15 is 0 Å². The maximum Gasteiger partial charge on any atom is 0.326 e. The fraction of sp³-hybridized carbons (Fsp3) is 0.429. The molecule has 0 heterocycles. The second-order valence-electron chi connectivity index (χ2n) is 4.66. The van der Waals surface area contributed by atoms with Crippen molar-refractivity contribution in [3.8, 4) is 5.75 Å². The molecule has 0 fully saturated rings. The fourth-order valence-corrected chi connectivity index (χ4v) is 2.22. The number of amides is 1. The Kier molecular flexibility index (Phi) is 7.04. The Morgan fingerprint density at radius 2 is 1.95 bits per heavy atom. The van der Waals surface area contributed by atoms with Gasteiger partial charge in [-0.05, 0) is 42.5 Å². The summed E-state index contributed by atoms with van der Waals surface area (Å²) in [5.74, 6) is -0.768. The van der Waals surface area contributed by atoms with Gasteiger partial charge < -0.3 is 21.3 Å². The van der Waals surface area contributed by atoms with Crippen molar-refractivity contribution in [3.63, 3.8) is 0 Å². The second-order valence-corrected chi connectivity index (χ2v) is 5.64. The Balaban J connectivity index is 2.56. The first-order valence-corrected chi connectivity index (χ1v) is 7.89. The number of aliphatic carboxylic acids is 1. The predicted molar refractivity (Wildman–Crippen MR) is 82.4 cm³/mol. The summed E-state index contributed by atoms with van der Waals surface area (Å²) in [6.45, 7) is 0. The highest BCUT2D eigenvalue weighted by atomic mass is 32.2. The molecule has 0 saturated heterocycles. The molecule has 0 aromatic heterocycles. The molecule has 2 atom stereocenters. The third-order valence-corrected chi connectivity index (χ3v) is 3.60. The second kappa shape index (κ2) is 8.53. The zero-order valence-electron chi connectivity index (χ0n) is 11.8. The van der Waals surface area contributed by atoms with Gasteiger partial charge >= 0.3 is 5.97 Å². The van der Waals surface area contributed by atoms with E-state index in [0.717, 1.165) is 5.56 Å². The van der Waals surface area contributed by atoms with Crippen LogP contribution in [0.15, 0.2) is 24.3 Å². The van der Waals surface area contributed by atoms with Crippen LogP contribution in [0.3, 0.4) is 0 Å². The molecule has 7 heteroatoms. The number of hydrogen-bond acceptors (Lipinski definition) is 5. The van der Waals surface area contributed by atoms with Gasteiger partial charge in [0.05, 0.1) is 6.04 Å². The molecule has 0 radical (unpaired) electrons. The van der Waals surface area contributed by atoms with Crippen LogP contribution >= 0.6 is 11.8 Å². The van der Waals surface area contributed by atoms with Gasteiger partial charge in [0.2, 0.25) is 5.91 Å². The Bertz CT molecular complexity index is 478. The summed E-state index contributed by atoms with van der Waals surface area (Å²) in [7, 11) is 0. The number of benzene rings is 1. The van der Waals surface area contributed by atoms with Gasteiger partial charge in [0.15, 0.2) is 0 Å². The van der Waals surface area contributed by atoms with Crippen molar-refractivity contribution in [3.05, 3.63) is 29.8 Å². The number of nitrogens with one attached hydrogen (secondary N) is 1. The zero-order chi connectivity index (χ0) is 15.8. The zero-order valence-corrected chi connectivity index (χ0v) is 12.6. The van der Waals surface area contributed by atoms with Crippen molar-refractivity contribution in [2.45, 2.75) is 24.9 Å². The minimum absolute atomic E-state index is 0.139. The average Bonchev–Trinajstić information content (AvgIpc) is 2.45. The lowest BCUT2D eigenvalue weighted by Gasteiger charge is -2.17. The highest BCUT2D eigenvalue weighted by molar-refractivity contribution is 7.98. The van der Waals surface area contributed by atoms with E-state index in [0.29, 0.717) is 12.2 Å². The monoisotopic (exact) mass is 312 g/mol. The van der Waals surface area contributed by atoms with E-state index in [1.807, 2.05) is 6.26 Å². The summed E-state index contributed by atoms with van der Waals surface area (Å²) < 4.78 is 0. The van der Waals surface area contributed by atoms with Crippen molar-refractivity contribution >= 4 is 23.6 Å². The summed E-state index contributed by atoms with van der Waals surface area (Å²) in [4.78, 5) is 23.0. The topological polar surface area (TPSA) is 113 Å². The van der Waals surface area contributed by atoms with Gasteiger partial charge in [-0.1, -0.05) is 12.1 Å². The van der Waals surface area contributed by atoms with E-state index in [-0.39, 0.29) is 12.2 Å². The first-order chi connectivity index (χ1) is 9.93. The molecule has 0 aliphatic heterocycles. The standard InChI is InChI=1S/C14H20N2O4S/c1-21-7-6-12(14(19)20)16-13(18)11(15)8-9-2-4-10(17)5-3-9/h2-5,11-12,17H,6-8,15H2,1H3,(H,16,18)(H,19,20)/t11-,12-/m1/s1. The van der Waals surface area contributed by atoms with Gasteiger partial charge in [-0.2, -0.15) is 11.8 Å². The Hall–Kier alpha value is -1.73. The van der Waals surface area contributed by atoms with Crippen LogP contribution in [0, 0.1) is 0 Å². The minimum Gasteiger partial charge on any atom is -0.508 e. The number of carbonyl (C=O) groups excluding carboxylic acids is 1. The molecule has 0 spiro atoms. The molecule has 1 aromatic rings. The minimum atomic E-state index is -1.06. The van der Waals surface area contributed by atoms with Gasteiger partial charge in [-0.15, -0.1) is 0 Å². The van der Waals surface area contributed by atoms with Crippen LogP contribution in [0.2, 0.25) is 0 Å². The van der Waals surface area contributed by atoms with E-state index in [4.69, 9.17) is 10.8 Å². The fourth-order valence-electron chi connectivity index (χ4n) is 1.75. The molecular formula is C14H20N2O4S. The number of carboxylic acids is 1. The van der Waals surface area contributed by atoms with Crippen molar-refractivity contribution < 1.29 is 19.8 Å².